The zero-order valence-corrected chi connectivity index (χ0v) is 12.9. The van der Waals surface area contributed by atoms with Crippen molar-refractivity contribution in [3.05, 3.63) is 26.6 Å². The van der Waals surface area contributed by atoms with E-state index in [1.807, 2.05) is 0 Å². The van der Waals surface area contributed by atoms with Gasteiger partial charge in [0.05, 0.1) is 10.2 Å². The highest BCUT2D eigenvalue weighted by Gasteiger charge is 2.17. The number of nitrogens with zero attached hydrogens (tertiary/aromatic N) is 1. The van der Waals surface area contributed by atoms with E-state index in [0.29, 0.717) is 28.9 Å². The van der Waals surface area contributed by atoms with Crippen molar-refractivity contribution in [2.24, 2.45) is 0 Å². The molecular weight excluding hydrogens is 326 g/mol. The molecule has 1 fully saturated rings. The van der Waals surface area contributed by atoms with Crippen LogP contribution in [0.1, 0.15) is 18.4 Å². The van der Waals surface area contributed by atoms with Gasteiger partial charge in [0.15, 0.2) is 0 Å². The van der Waals surface area contributed by atoms with Crippen LogP contribution in [0.15, 0.2) is 15.5 Å². The molecule has 0 aromatic carbocycles. The normalized spacial score (nSPS) is 16.1. The fourth-order valence-electron chi connectivity index (χ4n) is 2.12. The first-order valence-corrected chi connectivity index (χ1v) is 7.30. The minimum atomic E-state index is -0.251. The van der Waals surface area contributed by atoms with Crippen LogP contribution in [0.3, 0.4) is 0 Å². The number of amides is 1. The number of rotatable bonds is 3. The molecule has 0 aliphatic carbocycles. The van der Waals surface area contributed by atoms with Crippen molar-refractivity contribution in [3.63, 3.8) is 0 Å². The van der Waals surface area contributed by atoms with E-state index in [2.05, 4.69) is 21.2 Å². The number of hydrogen-bond donors (Lipinski definition) is 2. The van der Waals surface area contributed by atoms with Gasteiger partial charge in [0.2, 0.25) is 5.91 Å². The summed E-state index contributed by atoms with van der Waals surface area (Å²) in [4.78, 5) is 24.0. The molecule has 0 atom stereocenters. The number of ether oxygens (including phenoxy) is 1. The Morgan fingerprint density at radius 3 is 2.85 bits per heavy atom. The molecule has 7 heteroatoms. The lowest BCUT2D eigenvalue weighted by Crippen LogP contribution is -2.41. The third kappa shape index (κ3) is 3.40. The molecule has 1 aromatic heterocycles. The molecule has 0 spiro atoms. The monoisotopic (exact) mass is 343 g/mol. The Labute approximate surface area is 125 Å². The highest BCUT2D eigenvalue weighted by Crippen LogP contribution is 2.16. The number of halogens is 1. The van der Waals surface area contributed by atoms with Crippen molar-refractivity contribution in [3.8, 4) is 0 Å². The fraction of sp³-hybridized carbons (Fsp3) is 0.538. The molecule has 1 aliphatic heterocycles. The molecule has 2 rings (SSSR count). The maximum Gasteiger partial charge on any atom is 0.265 e. The van der Waals surface area contributed by atoms with Crippen LogP contribution in [0.2, 0.25) is 0 Å². The lowest BCUT2D eigenvalue weighted by atomic mass is 10.1. The van der Waals surface area contributed by atoms with Gasteiger partial charge < -0.3 is 20.4 Å². The summed E-state index contributed by atoms with van der Waals surface area (Å²) in [6.45, 7) is 3.05. The van der Waals surface area contributed by atoms with Crippen LogP contribution < -0.4 is 16.6 Å². The van der Waals surface area contributed by atoms with Gasteiger partial charge in [-0.15, -0.1) is 0 Å². The predicted octanol–water partition coefficient (Wildman–Crippen LogP) is 0.797. The van der Waals surface area contributed by atoms with Crippen molar-refractivity contribution >= 4 is 27.5 Å². The van der Waals surface area contributed by atoms with Crippen LogP contribution in [0.4, 0.5) is 5.69 Å². The first-order chi connectivity index (χ1) is 9.49. The minimum Gasteiger partial charge on any atom is -0.397 e. The van der Waals surface area contributed by atoms with Gasteiger partial charge in [-0.05, 0) is 41.3 Å². The van der Waals surface area contributed by atoms with Gasteiger partial charge >= 0.3 is 0 Å². The summed E-state index contributed by atoms with van der Waals surface area (Å²) in [5.41, 5.74) is 6.73. The van der Waals surface area contributed by atoms with Crippen molar-refractivity contribution in [2.75, 3.05) is 18.9 Å². The van der Waals surface area contributed by atoms with Crippen molar-refractivity contribution in [1.82, 2.24) is 9.88 Å². The SMILES string of the molecule is Cc1c(N)cn(CC(=O)NC2CCOCC2)c(=O)c1Br. The Kier molecular flexibility index (Phi) is 4.82. The summed E-state index contributed by atoms with van der Waals surface area (Å²) >= 11 is 3.21. The topological polar surface area (TPSA) is 86.3 Å². The van der Waals surface area contributed by atoms with Crippen molar-refractivity contribution in [1.29, 1.82) is 0 Å². The largest absolute Gasteiger partial charge is 0.397 e. The average Bonchev–Trinajstić information content (AvgIpc) is 2.43. The highest BCUT2D eigenvalue weighted by molar-refractivity contribution is 9.10. The van der Waals surface area contributed by atoms with Gasteiger partial charge in [-0.3, -0.25) is 9.59 Å². The Hall–Kier alpha value is -1.34. The number of pyridine rings is 1. The van der Waals surface area contributed by atoms with Crippen LogP contribution in [-0.4, -0.2) is 29.7 Å². The van der Waals surface area contributed by atoms with Crippen LogP contribution in [0, 0.1) is 6.92 Å². The Morgan fingerprint density at radius 1 is 1.55 bits per heavy atom. The molecule has 6 nitrogen and oxygen atoms in total. The third-order valence-corrected chi connectivity index (χ3v) is 4.34. The van der Waals surface area contributed by atoms with E-state index in [0.717, 1.165) is 12.8 Å². The molecule has 1 saturated heterocycles. The van der Waals surface area contributed by atoms with Crippen LogP contribution in [0.5, 0.6) is 0 Å². The number of nitrogens with two attached hydrogens (primary N) is 1. The first-order valence-electron chi connectivity index (χ1n) is 6.51. The molecule has 1 aromatic rings. The summed E-state index contributed by atoms with van der Waals surface area (Å²) in [6.07, 6.45) is 3.12. The van der Waals surface area contributed by atoms with Crippen molar-refractivity contribution < 1.29 is 9.53 Å². The lowest BCUT2D eigenvalue weighted by molar-refractivity contribution is -0.123. The first kappa shape index (κ1) is 15.1. The third-order valence-electron chi connectivity index (χ3n) is 3.41. The summed E-state index contributed by atoms with van der Waals surface area (Å²) in [5, 5.41) is 2.91. The number of carbonyl (C=O) groups excluding carboxylic acids is 1. The Balaban J connectivity index is 2.06. The number of hydrogen-bond acceptors (Lipinski definition) is 4. The predicted molar refractivity (Wildman–Crippen MR) is 79.5 cm³/mol. The average molecular weight is 344 g/mol. The van der Waals surface area contributed by atoms with Crippen LogP contribution in [-0.2, 0) is 16.1 Å². The lowest BCUT2D eigenvalue weighted by Gasteiger charge is -2.23. The zero-order chi connectivity index (χ0) is 14.7. The summed E-state index contributed by atoms with van der Waals surface area (Å²) in [5.74, 6) is -0.186. The molecule has 3 N–H and O–H groups in total. The van der Waals surface area contributed by atoms with E-state index in [1.54, 1.807) is 6.92 Å². The fourth-order valence-corrected chi connectivity index (χ4v) is 2.58. The summed E-state index contributed by atoms with van der Waals surface area (Å²) < 4.78 is 6.95. The number of carbonyl (C=O) groups is 1. The van der Waals surface area contributed by atoms with Gasteiger partial charge in [-0.2, -0.15) is 0 Å². The number of anilines is 1. The number of aromatic nitrogens is 1. The van der Waals surface area contributed by atoms with E-state index in [4.69, 9.17) is 10.5 Å². The number of nitrogens with one attached hydrogen (secondary N) is 1. The summed E-state index contributed by atoms with van der Waals surface area (Å²) in [6, 6.07) is 0.123. The van der Waals surface area contributed by atoms with Gasteiger partial charge in [0.25, 0.3) is 5.56 Å². The minimum absolute atomic E-state index is 0.0285. The van der Waals surface area contributed by atoms with Gasteiger partial charge in [-0.1, -0.05) is 0 Å². The molecule has 1 aliphatic rings. The molecule has 20 heavy (non-hydrogen) atoms. The standard InChI is InChI=1S/C13H18BrN3O3/c1-8-10(15)6-17(13(19)12(8)14)7-11(18)16-9-2-4-20-5-3-9/h6,9H,2-5,7,15H2,1H3,(H,16,18). The molecule has 0 saturated carbocycles. The van der Waals surface area contributed by atoms with E-state index < -0.39 is 0 Å². The maximum absolute atomic E-state index is 12.0. The van der Waals surface area contributed by atoms with E-state index in [1.165, 1.54) is 10.8 Å². The van der Waals surface area contributed by atoms with E-state index in [9.17, 15) is 9.59 Å². The smallest absolute Gasteiger partial charge is 0.265 e. The summed E-state index contributed by atoms with van der Waals surface area (Å²) in [7, 11) is 0. The van der Waals surface area contributed by atoms with Crippen molar-refractivity contribution in [2.45, 2.75) is 32.4 Å². The van der Waals surface area contributed by atoms with Gasteiger partial charge in [0.1, 0.15) is 6.54 Å². The highest BCUT2D eigenvalue weighted by atomic mass is 79.9. The molecule has 110 valence electrons. The molecule has 0 bridgehead atoms. The second kappa shape index (κ2) is 6.41. The Morgan fingerprint density at radius 2 is 2.20 bits per heavy atom. The van der Waals surface area contributed by atoms with Gasteiger partial charge in [0, 0.05) is 25.5 Å². The second-order valence-electron chi connectivity index (χ2n) is 4.91. The van der Waals surface area contributed by atoms with E-state index in [-0.39, 0.29) is 24.1 Å². The molecule has 0 unspecified atom stereocenters. The molecule has 2 heterocycles. The molecule has 0 radical (unpaired) electrons. The quantitative estimate of drug-likeness (QED) is 0.849. The maximum atomic E-state index is 12.0. The van der Waals surface area contributed by atoms with Crippen LogP contribution >= 0.6 is 15.9 Å². The van der Waals surface area contributed by atoms with Gasteiger partial charge in [-0.25, -0.2) is 0 Å². The second-order valence-corrected chi connectivity index (χ2v) is 5.70. The Bertz CT molecular complexity index is 565. The van der Waals surface area contributed by atoms with E-state index >= 15 is 0 Å². The molecular formula is C13H18BrN3O3. The van der Waals surface area contributed by atoms with Crippen LogP contribution in [0.25, 0.3) is 0 Å². The number of nitrogen functional groups attached to an aromatic ring is 1. The molecule has 1 amide bonds. The zero-order valence-electron chi connectivity index (χ0n) is 11.3.